The van der Waals surface area contributed by atoms with Crippen LogP contribution in [0.25, 0.3) is 0 Å². The van der Waals surface area contributed by atoms with E-state index in [2.05, 4.69) is 0 Å². The van der Waals surface area contributed by atoms with E-state index in [4.69, 9.17) is 5.73 Å². The highest BCUT2D eigenvalue weighted by atomic mass is 35.5. The first-order valence-corrected chi connectivity index (χ1v) is 7.13. The normalized spacial score (nSPS) is 21.9. The third-order valence-electron chi connectivity index (χ3n) is 2.82. The maximum atomic E-state index is 11.9. The first kappa shape index (κ1) is 17.9. The second kappa shape index (κ2) is 6.93. The van der Waals surface area contributed by atoms with Crippen LogP contribution in [0.2, 0.25) is 0 Å². The zero-order chi connectivity index (χ0) is 13.1. The Kier molecular flexibility index (Phi) is 6.91. The molecule has 0 bridgehead atoms. The lowest BCUT2D eigenvalue weighted by Gasteiger charge is -2.22. The zero-order valence-electron chi connectivity index (χ0n) is 9.82. The summed E-state index contributed by atoms with van der Waals surface area (Å²) in [5.41, 5.74) is 5.43. The summed E-state index contributed by atoms with van der Waals surface area (Å²) in [6, 6.07) is -0.245. The van der Waals surface area contributed by atoms with Crippen LogP contribution in [0.5, 0.6) is 0 Å². The molecule has 0 spiro atoms. The molecule has 0 amide bonds. The van der Waals surface area contributed by atoms with Crippen molar-refractivity contribution in [3.63, 3.8) is 0 Å². The molecule has 18 heavy (non-hydrogen) atoms. The van der Waals surface area contributed by atoms with Crippen LogP contribution >= 0.6 is 12.4 Å². The van der Waals surface area contributed by atoms with Crippen molar-refractivity contribution in [1.82, 2.24) is 4.31 Å². The summed E-state index contributed by atoms with van der Waals surface area (Å²) in [6.07, 6.45) is -4.34. The lowest BCUT2D eigenvalue weighted by atomic mass is 10.2. The van der Waals surface area contributed by atoms with E-state index in [1.807, 2.05) is 0 Å². The van der Waals surface area contributed by atoms with Gasteiger partial charge < -0.3 is 5.73 Å². The molecule has 9 heteroatoms. The number of nitrogens with two attached hydrogens (primary N) is 1. The van der Waals surface area contributed by atoms with Crippen LogP contribution < -0.4 is 5.73 Å². The van der Waals surface area contributed by atoms with Crippen LogP contribution in [-0.4, -0.2) is 43.8 Å². The molecular weight excluding hydrogens is 293 g/mol. The highest BCUT2D eigenvalue weighted by molar-refractivity contribution is 7.89. The lowest BCUT2D eigenvalue weighted by molar-refractivity contribution is -0.134. The van der Waals surface area contributed by atoms with Gasteiger partial charge in [0.2, 0.25) is 10.0 Å². The molecule has 1 aliphatic rings. The van der Waals surface area contributed by atoms with Gasteiger partial charge in [-0.3, -0.25) is 0 Å². The van der Waals surface area contributed by atoms with Gasteiger partial charge in [-0.2, -0.15) is 17.5 Å². The quantitative estimate of drug-likeness (QED) is 0.837. The summed E-state index contributed by atoms with van der Waals surface area (Å²) >= 11 is 0. The second-order valence-corrected chi connectivity index (χ2v) is 6.22. The van der Waals surface area contributed by atoms with Crippen molar-refractivity contribution in [2.75, 3.05) is 18.8 Å². The fraction of sp³-hybridized carbons (Fsp3) is 1.00. The SMILES string of the molecule is Cl.NCC1CCCN1S(=O)(=O)CCCC(F)(F)F. The molecule has 1 atom stereocenters. The second-order valence-electron chi connectivity index (χ2n) is 4.18. The van der Waals surface area contributed by atoms with Crippen LogP contribution in [0.3, 0.4) is 0 Å². The predicted octanol–water partition coefficient (Wildman–Crippen LogP) is 1.50. The average Bonchev–Trinajstić information content (AvgIpc) is 2.63. The summed E-state index contributed by atoms with van der Waals surface area (Å²) in [4.78, 5) is 0. The largest absolute Gasteiger partial charge is 0.389 e. The number of nitrogens with zero attached hydrogens (tertiary/aromatic N) is 1. The zero-order valence-corrected chi connectivity index (χ0v) is 11.5. The molecule has 1 saturated heterocycles. The van der Waals surface area contributed by atoms with Crippen molar-refractivity contribution in [3.05, 3.63) is 0 Å². The standard InChI is InChI=1S/C9H17F3N2O2S.ClH/c10-9(11,12)4-2-6-17(15,16)14-5-1-3-8(14)7-13;/h8H,1-7,13H2;1H. The molecule has 2 N–H and O–H groups in total. The van der Waals surface area contributed by atoms with Crippen LogP contribution in [0.15, 0.2) is 0 Å². The van der Waals surface area contributed by atoms with Crippen LogP contribution in [0, 0.1) is 0 Å². The Bertz CT molecular complexity index is 348. The molecule has 0 aliphatic carbocycles. The van der Waals surface area contributed by atoms with Crippen molar-refractivity contribution >= 4 is 22.4 Å². The Morgan fingerprint density at radius 3 is 2.44 bits per heavy atom. The maximum absolute atomic E-state index is 11.9. The number of rotatable bonds is 5. The Morgan fingerprint density at radius 1 is 1.33 bits per heavy atom. The number of alkyl halides is 3. The number of halogens is 4. The average molecular weight is 311 g/mol. The molecule has 1 fully saturated rings. The summed E-state index contributed by atoms with van der Waals surface area (Å²) in [7, 11) is -3.59. The van der Waals surface area contributed by atoms with Crippen LogP contribution in [-0.2, 0) is 10.0 Å². The van der Waals surface area contributed by atoms with Gasteiger partial charge in [0.25, 0.3) is 0 Å². The van der Waals surface area contributed by atoms with E-state index in [-0.39, 0.29) is 31.4 Å². The highest BCUT2D eigenvalue weighted by Crippen LogP contribution is 2.24. The van der Waals surface area contributed by atoms with Gasteiger partial charge in [0.15, 0.2) is 0 Å². The van der Waals surface area contributed by atoms with Gasteiger partial charge in [0.05, 0.1) is 5.75 Å². The van der Waals surface area contributed by atoms with E-state index in [9.17, 15) is 21.6 Å². The van der Waals surface area contributed by atoms with E-state index < -0.39 is 28.4 Å². The Labute approximate surface area is 111 Å². The highest BCUT2D eigenvalue weighted by Gasteiger charge is 2.34. The topological polar surface area (TPSA) is 63.4 Å². The van der Waals surface area contributed by atoms with Crippen molar-refractivity contribution in [1.29, 1.82) is 0 Å². The fourth-order valence-electron chi connectivity index (χ4n) is 1.98. The summed E-state index contributed by atoms with van der Waals surface area (Å²) in [5.74, 6) is -0.455. The molecule has 0 radical (unpaired) electrons. The van der Waals surface area contributed by atoms with Gasteiger partial charge in [0, 0.05) is 25.6 Å². The minimum Gasteiger partial charge on any atom is -0.329 e. The fourth-order valence-corrected chi connectivity index (χ4v) is 3.78. The number of sulfonamides is 1. The van der Waals surface area contributed by atoms with E-state index in [0.29, 0.717) is 13.0 Å². The van der Waals surface area contributed by atoms with E-state index in [1.54, 1.807) is 0 Å². The molecule has 0 saturated carbocycles. The minimum absolute atomic E-state index is 0. The predicted molar refractivity (Wildman–Crippen MR) is 65.1 cm³/mol. The van der Waals surface area contributed by atoms with Crippen molar-refractivity contribution in [2.45, 2.75) is 37.9 Å². The maximum Gasteiger partial charge on any atom is 0.389 e. The van der Waals surface area contributed by atoms with Gasteiger partial charge >= 0.3 is 6.18 Å². The van der Waals surface area contributed by atoms with Crippen molar-refractivity contribution in [3.8, 4) is 0 Å². The Balaban J connectivity index is 0.00000289. The lowest BCUT2D eigenvalue weighted by Crippen LogP contribution is -2.41. The Hall–Kier alpha value is -0.0500. The summed E-state index contributed by atoms with van der Waals surface area (Å²) < 4.78 is 60.6. The van der Waals surface area contributed by atoms with Gasteiger partial charge in [-0.15, -0.1) is 12.4 Å². The third-order valence-corrected chi connectivity index (χ3v) is 4.81. The van der Waals surface area contributed by atoms with Crippen LogP contribution in [0.4, 0.5) is 13.2 Å². The monoisotopic (exact) mass is 310 g/mol. The van der Waals surface area contributed by atoms with Crippen LogP contribution in [0.1, 0.15) is 25.7 Å². The summed E-state index contributed by atoms with van der Waals surface area (Å²) in [5, 5.41) is 0. The molecule has 4 nitrogen and oxygen atoms in total. The first-order valence-electron chi connectivity index (χ1n) is 5.52. The molecule has 0 aromatic carbocycles. The van der Waals surface area contributed by atoms with E-state index >= 15 is 0 Å². The van der Waals surface area contributed by atoms with Gasteiger partial charge in [0.1, 0.15) is 0 Å². The minimum atomic E-state index is -4.30. The molecule has 1 heterocycles. The molecule has 1 unspecified atom stereocenters. The smallest absolute Gasteiger partial charge is 0.329 e. The van der Waals surface area contributed by atoms with Gasteiger partial charge in [-0.05, 0) is 19.3 Å². The Morgan fingerprint density at radius 2 is 1.94 bits per heavy atom. The molecule has 1 aliphatic heterocycles. The molecule has 110 valence electrons. The van der Waals surface area contributed by atoms with Crippen molar-refractivity contribution < 1.29 is 21.6 Å². The molecule has 0 aromatic heterocycles. The third kappa shape index (κ3) is 5.29. The van der Waals surface area contributed by atoms with Gasteiger partial charge in [-0.25, -0.2) is 8.42 Å². The summed E-state index contributed by atoms with van der Waals surface area (Å²) in [6.45, 7) is 0.592. The van der Waals surface area contributed by atoms with E-state index in [1.165, 1.54) is 4.31 Å². The van der Waals surface area contributed by atoms with E-state index in [0.717, 1.165) is 6.42 Å². The van der Waals surface area contributed by atoms with Gasteiger partial charge in [-0.1, -0.05) is 0 Å². The molecule has 1 rings (SSSR count). The molecular formula is C9H18ClF3N2O2S. The molecule has 0 aromatic rings. The van der Waals surface area contributed by atoms with Crippen molar-refractivity contribution in [2.24, 2.45) is 5.73 Å². The number of hydrogen-bond acceptors (Lipinski definition) is 3. The first-order chi connectivity index (χ1) is 7.76. The number of hydrogen-bond donors (Lipinski definition) is 1.